The van der Waals surface area contributed by atoms with Crippen LogP contribution in [0.25, 0.3) is 0 Å². The number of nitrogens with two attached hydrogens (primary N) is 1. The van der Waals surface area contributed by atoms with Gasteiger partial charge in [-0.25, -0.2) is 4.98 Å². The molecule has 2 fully saturated rings. The molecule has 1 aliphatic carbocycles. The third-order valence-electron chi connectivity index (χ3n) is 3.76. The minimum atomic E-state index is 0.0270. The van der Waals surface area contributed by atoms with Crippen LogP contribution in [0.1, 0.15) is 28.9 Å². The lowest BCUT2D eigenvalue weighted by molar-refractivity contribution is 0.0768. The van der Waals surface area contributed by atoms with Gasteiger partial charge in [-0.05, 0) is 32.9 Å². The Balaban J connectivity index is 1.70. The second kappa shape index (κ2) is 5.57. The van der Waals surface area contributed by atoms with Gasteiger partial charge >= 0.3 is 0 Å². The van der Waals surface area contributed by atoms with Crippen LogP contribution in [-0.2, 0) is 0 Å². The van der Waals surface area contributed by atoms with E-state index in [-0.39, 0.29) is 5.91 Å². The van der Waals surface area contributed by atoms with Crippen LogP contribution < -0.4 is 11.1 Å². The average Bonchev–Trinajstić information content (AvgIpc) is 3.17. The van der Waals surface area contributed by atoms with Crippen molar-refractivity contribution in [1.29, 1.82) is 0 Å². The summed E-state index contributed by atoms with van der Waals surface area (Å²) in [5, 5.41) is 4.08. The van der Waals surface area contributed by atoms with E-state index in [1.54, 1.807) is 0 Å². The number of nitrogen functional groups attached to an aromatic ring is 1. The molecular weight excluding hydrogens is 274 g/mol. The van der Waals surface area contributed by atoms with Crippen LogP contribution in [0.4, 0.5) is 10.9 Å². The summed E-state index contributed by atoms with van der Waals surface area (Å²) in [5.74, 6) is 0.389. The summed E-state index contributed by atoms with van der Waals surface area (Å²) in [7, 11) is 2.09. The molecule has 0 atom stereocenters. The molecule has 2 aliphatic rings. The van der Waals surface area contributed by atoms with Crippen molar-refractivity contribution in [2.24, 2.45) is 0 Å². The van der Waals surface area contributed by atoms with Crippen LogP contribution in [0.3, 0.4) is 0 Å². The fraction of sp³-hybridized carbons (Fsp3) is 0.692. The molecule has 7 heteroatoms. The average molecular weight is 295 g/mol. The molecular formula is C13H21N5OS. The highest BCUT2D eigenvalue weighted by Crippen LogP contribution is 2.31. The molecule has 1 aromatic rings. The van der Waals surface area contributed by atoms with E-state index in [1.165, 1.54) is 24.2 Å². The first-order chi connectivity index (χ1) is 9.63. The second-order valence-electron chi connectivity index (χ2n) is 5.60. The Morgan fingerprint density at radius 3 is 2.90 bits per heavy atom. The maximum absolute atomic E-state index is 12.6. The quantitative estimate of drug-likeness (QED) is 0.873. The van der Waals surface area contributed by atoms with Gasteiger partial charge in [-0.15, -0.1) is 0 Å². The first-order valence-electron chi connectivity index (χ1n) is 7.14. The van der Waals surface area contributed by atoms with Crippen molar-refractivity contribution in [1.82, 2.24) is 14.8 Å². The molecule has 2 heterocycles. The molecule has 1 saturated carbocycles. The van der Waals surface area contributed by atoms with Crippen LogP contribution in [0.15, 0.2) is 0 Å². The molecule has 20 heavy (non-hydrogen) atoms. The lowest BCUT2D eigenvalue weighted by Gasteiger charge is -2.19. The van der Waals surface area contributed by atoms with E-state index in [2.05, 4.69) is 22.2 Å². The SMILES string of the molecule is CN1CCCN(C(=O)c2sc(NC3CC3)nc2N)CC1. The Labute approximate surface area is 123 Å². The van der Waals surface area contributed by atoms with Gasteiger partial charge in [0.2, 0.25) is 0 Å². The van der Waals surface area contributed by atoms with Gasteiger partial charge in [-0.1, -0.05) is 11.3 Å². The highest BCUT2D eigenvalue weighted by atomic mass is 32.1. The van der Waals surface area contributed by atoms with Gasteiger partial charge in [0.05, 0.1) is 0 Å². The van der Waals surface area contributed by atoms with Crippen molar-refractivity contribution < 1.29 is 4.79 Å². The minimum Gasteiger partial charge on any atom is -0.382 e. The number of anilines is 2. The van der Waals surface area contributed by atoms with Gasteiger partial charge in [0.15, 0.2) is 5.13 Å². The number of rotatable bonds is 3. The zero-order valence-electron chi connectivity index (χ0n) is 11.8. The highest BCUT2D eigenvalue weighted by molar-refractivity contribution is 7.18. The van der Waals surface area contributed by atoms with Gasteiger partial charge in [-0.2, -0.15) is 0 Å². The summed E-state index contributed by atoms with van der Waals surface area (Å²) in [6.45, 7) is 3.51. The number of hydrogen-bond acceptors (Lipinski definition) is 6. The summed E-state index contributed by atoms with van der Waals surface area (Å²) in [5.41, 5.74) is 5.91. The lowest BCUT2D eigenvalue weighted by Crippen LogP contribution is -2.34. The second-order valence-corrected chi connectivity index (χ2v) is 6.60. The van der Waals surface area contributed by atoms with Crippen molar-refractivity contribution in [3.8, 4) is 0 Å². The number of nitrogens with zero attached hydrogens (tertiary/aromatic N) is 3. The summed E-state index contributed by atoms with van der Waals surface area (Å²) < 4.78 is 0. The van der Waals surface area contributed by atoms with Gasteiger partial charge < -0.3 is 20.9 Å². The van der Waals surface area contributed by atoms with E-state index in [0.29, 0.717) is 16.7 Å². The molecule has 0 radical (unpaired) electrons. The zero-order valence-corrected chi connectivity index (χ0v) is 12.6. The number of hydrogen-bond donors (Lipinski definition) is 2. The van der Waals surface area contributed by atoms with Crippen LogP contribution >= 0.6 is 11.3 Å². The monoisotopic (exact) mass is 295 g/mol. The van der Waals surface area contributed by atoms with Crippen LogP contribution in [0.5, 0.6) is 0 Å². The molecule has 0 bridgehead atoms. The van der Waals surface area contributed by atoms with Crippen molar-refractivity contribution in [2.45, 2.75) is 25.3 Å². The molecule has 1 aliphatic heterocycles. The standard InChI is InChI=1S/C13H21N5OS/c1-17-5-2-6-18(8-7-17)12(19)10-11(14)16-13(20-10)15-9-3-4-9/h9H,2-8,14H2,1H3,(H,15,16). The van der Waals surface area contributed by atoms with Crippen molar-refractivity contribution in [2.75, 3.05) is 44.3 Å². The molecule has 3 rings (SSSR count). The lowest BCUT2D eigenvalue weighted by atomic mass is 10.3. The smallest absolute Gasteiger partial charge is 0.267 e. The fourth-order valence-corrected chi connectivity index (χ4v) is 3.27. The summed E-state index contributed by atoms with van der Waals surface area (Å²) in [6, 6.07) is 0.523. The zero-order chi connectivity index (χ0) is 14.1. The third kappa shape index (κ3) is 3.04. The Morgan fingerprint density at radius 1 is 1.35 bits per heavy atom. The Hall–Kier alpha value is -1.34. The molecule has 1 saturated heterocycles. The van der Waals surface area contributed by atoms with Gasteiger partial charge in [0.1, 0.15) is 10.7 Å². The topological polar surface area (TPSA) is 74.5 Å². The first-order valence-corrected chi connectivity index (χ1v) is 7.96. The number of nitrogens with one attached hydrogen (secondary N) is 1. The number of carbonyl (C=O) groups excluding carboxylic acids is 1. The van der Waals surface area contributed by atoms with E-state index in [1.807, 2.05) is 4.90 Å². The molecule has 0 unspecified atom stereocenters. The van der Waals surface area contributed by atoms with Crippen LogP contribution in [0, 0.1) is 0 Å². The molecule has 3 N–H and O–H groups in total. The van der Waals surface area contributed by atoms with E-state index in [4.69, 9.17) is 5.73 Å². The van der Waals surface area contributed by atoms with Crippen molar-refractivity contribution in [3.63, 3.8) is 0 Å². The van der Waals surface area contributed by atoms with Crippen molar-refractivity contribution >= 4 is 28.2 Å². The van der Waals surface area contributed by atoms with Gasteiger partial charge in [0, 0.05) is 25.7 Å². The maximum atomic E-state index is 12.6. The van der Waals surface area contributed by atoms with Gasteiger partial charge in [-0.3, -0.25) is 4.79 Å². The van der Waals surface area contributed by atoms with Crippen LogP contribution in [0.2, 0.25) is 0 Å². The Bertz CT molecular complexity index is 499. The first kappa shape index (κ1) is 13.6. The number of aromatic nitrogens is 1. The molecule has 6 nitrogen and oxygen atoms in total. The highest BCUT2D eigenvalue weighted by Gasteiger charge is 2.26. The van der Waals surface area contributed by atoms with Gasteiger partial charge in [0.25, 0.3) is 5.91 Å². The molecule has 0 spiro atoms. The number of likely N-dealkylation sites (N-methyl/N-ethyl adjacent to an activating group) is 1. The number of thiazole rings is 1. The van der Waals surface area contributed by atoms with Crippen LogP contribution in [-0.4, -0.2) is 60.0 Å². The Morgan fingerprint density at radius 2 is 2.15 bits per heavy atom. The van der Waals surface area contributed by atoms with E-state index < -0.39 is 0 Å². The molecule has 1 aromatic heterocycles. The van der Waals surface area contributed by atoms with E-state index >= 15 is 0 Å². The number of carbonyl (C=O) groups is 1. The molecule has 0 aromatic carbocycles. The summed E-state index contributed by atoms with van der Waals surface area (Å²) in [4.78, 5) is 21.6. The predicted molar refractivity (Wildman–Crippen MR) is 81.2 cm³/mol. The van der Waals surface area contributed by atoms with E-state index in [0.717, 1.165) is 37.7 Å². The summed E-state index contributed by atoms with van der Waals surface area (Å²) in [6.07, 6.45) is 3.37. The summed E-state index contributed by atoms with van der Waals surface area (Å²) >= 11 is 1.39. The minimum absolute atomic E-state index is 0.0270. The largest absolute Gasteiger partial charge is 0.382 e. The molecule has 1 amide bonds. The Kier molecular flexibility index (Phi) is 3.80. The normalized spacial score (nSPS) is 20.8. The molecule has 110 valence electrons. The van der Waals surface area contributed by atoms with E-state index in [9.17, 15) is 4.79 Å². The van der Waals surface area contributed by atoms with Crippen molar-refractivity contribution in [3.05, 3.63) is 4.88 Å². The third-order valence-corrected chi connectivity index (χ3v) is 4.75. The fourth-order valence-electron chi connectivity index (χ4n) is 2.34. The number of amides is 1. The predicted octanol–water partition coefficient (Wildman–Crippen LogP) is 1.08. The maximum Gasteiger partial charge on any atom is 0.267 e.